The third-order valence-corrected chi connectivity index (χ3v) is 8.52. The molecular formula is C32H28N4O6S. The number of methoxy groups -OCH3 is 1. The Morgan fingerprint density at radius 1 is 0.930 bits per heavy atom. The van der Waals surface area contributed by atoms with Gasteiger partial charge in [-0.25, -0.2) is 8.42 Å². The van der Waals surface area contributed by atoms with E-state index < -0.39 is 10.0 Å². The van der Waals surface area contributed by atoms with E-state index in [1.165, 1.54) is 14.2 Å². The van der Waals surface area contributed by atoms with Gasteiger partial charge in [-0.1, -0.05) is 48.0 Å². The number of ether oxygens (including phenoxy) is 1. The summed E-state index contributed by atoms with van der Waals surface area (Å²) in [6, 6.07) is 22.1. The molecule has 0 saturated heterocycles. The Morgan fingerprint density at radius 2 is 1.67 bits per heavy atom. The van der Waals surface area contributed by atoms with Gasteiger partial charge >= 0.3 is 0 Å². The summed E-state index contributed by atoms with van der Waals surface area (Å²) >= 11 is 0. The third kappa shape index (κ3) is 4.97. The Balaban J connectivity index is 1.64. The summed E-state index contributed by atoms with van der Waals surface area (Å²) in [5.41, 5.74) is 4.66. The lowest BCUT2D eigenvalue weighted by molar-refractivity contribution is 0.0964. The molecule has 0 fully saturated rings. The molecule has 3 heterocycles. The lowest BCUT2D eigenvalue weighted by Crippen LogP contribution is -2.25. The Labute approximate surface area is 247 Å². The first-order valence-corrected chi connectivity index (χ1v) is 15.2. The molecule has 0 spiro atoms. The van der Waals surface area contributed by atoms with E-state index in [4.69, 9.17) is 13.6 Å². The van der Waals surface area contributed by atoms with E-state index in [1.807, 2.05) is 61.5 Å². The molecule has 0 aliphatic heterocycles. The van der Waals surface area contributed by atoms with Crippen molar-refractivity contribution in [2.45, 2.75) is 6.92 Å². The number of fused-ring (bicyclic) bond motifs is 2. The van der Waals surface area contributed by atoms with Crippen LogP contribution in [0.15, 0.2) is 81.6 Å². The first-order chi connectivity index (χ1) is 20.6. The molecule has 10 nitrogen and oxygen atoms in total. The number of carbonyl (C=O) groups excluding carboxylic acids is 1. The molecule has 43 heavy (non-hydrogen) atoms. The molecular weight excluding hydrogens is 568 g/mol. The SMILES string of the molecule is CNC(=O)c1c(-c2ccc(C)cc2)oc2cc(N(C)S(C)(=O)=O)c(-c3cc(-c4cc5ccccc5o4)c(OC)nn3)cc12. The molecule has 6 rings (SSSR count). The van der Waals surface area contributed by atoms with Crippen LogP contribution in [0.25, 0.3) is 55.8 Å². The predicted molar refractivity (Wildman–Crippen MR) is 166 cm³/mol. The van der Waals surface area contributed by atoms with Gasteiger partial charge in [0.1, 0.15) is 22.7 Å². The highest BCUT2D eigenvalue weighted by atomic mass is 32.2. The summed E-state index contributed by atoms with van der Waals surface area (Å²) in [6.45, 7) is 1.97. The summed E-state index contributed by atoms with van der Waals surface area (Å²) in [4.78, 5) is 13.2. The normalized spacial score (nSPS) is 11.7. The van der Waals surface area contributed by atoms with Crippen molar-refractivity contribution in [1.82, 2.24) is 15.5 Å². The summed E-state index contributed by atoms with van der Waals surface area (Å²) in [5.74, 6) is 0.749. The van der Waals surface area contributed by atoms with Gasteiger partial charge in [0.05, 0.1) is 35.9 Å². The molecule has 3 aromatic carbocycles. The molecule has 1 N–H and O–H groups in total. The van der Waals surface area contributed by atoms with Crippen LogP contribution in [0.3, 0.4) is 0 Å². The number of sulfonamides is 1. The third-order valence-electron chi connectivity index (χ3n) is 7.33. The van der Waals surface area contributed by atoms with Crippen molar-refractivity contribution in [2.75, 3.05) is 31.8 Å². The topological polar surface area (TPSA) is 128 Å². The van der Waals surface area contributed by atoms with Crippen molar-refractivity contribution in [2.24, 2.45) is 0 Å². The van der Waals surface area contributed by atoms with Crippen LogP contribution >= 0.6 is 0 Å². The van der Waals surface area contributed by atoms with Gasteiger partial charge in [-0.3, -0.25) is 9.10 Å². The van der Waals surface area contributed by atoms with Crippen LogP contribution in [-0.4, -0.2) is 52.0 Å². The molecule has 0 aliphatic rings. The zero-order valence-electron chi connectivity index (χ0n) is 24.1. The van der Waals surface area contributed by atoms with E-state index in [-0.39, 0.29) is 17.5 Å². The number of rotatable bonds is 7. The molecule has 0 unspecified atom stereocenters. The second-order valence-corrected chi connectivity index (χ2v) is 12.2. The lowest BCUT2D eigenvalue weighted by Gasteiger charge is -2.20. The molecule has 11 heteroatoms. The van der Waals surface area contributed by atoms with E-state index in [1.54, 1.807) is 25.2 Å². The average molecular weight is 597 g/mol. The van der Waals surface area contributed by atoms with Crippen LogP contribution in [0.2, 0.25) is 0 Å². The number of amides is 1. The number of aromatic nitrogens is 2. The number of para-hydroxylation sites is 1. The van der Waals surface area contributed by atoms with E-state index in [2.05, 4.69) is 15.5 Å². The van der Waals surface area contributed by atoms with Gasteiger partial charge in [0.15, 0.2) is 0 Å². The molecule has 218 valence electrons. The molecule has 1 amide bonds. The highest BCUT2D eigenvalue weighted by Gasteiger charge is 2.27. The number of furan rings is 2. The van der Waals surface area contributed by atoms with Gasteiger partial charge in [-0.15, -0.1) is 10.2 Å². The average Bonchev–Trinajstić information content (AvgIpc) is 3.61. The van der Waals surface area contributed by atoms with Gasteiger partial charge < -0.3 is 18.9 Å². The second-order valence-electron chi connectivity index (χ2n) is 10.1. The monoisotopic (exact) mass is 596 g/mol. The predicted octanol–water partition coefficient (Wildman–Crippen LogP) is 6.04. The fourth-order valence-electron chi connectivity index (χ4n) is 4.99. The minimum Gasteiger partial charge on any atom is -0.479 e. The number of hydrogen-bond donors (Lipinski definition) is 1. The quantitative estimate of drug-likeness (QED) is 0.236. The van der Waals surface area contributed by atoms with Crippen molar-refractivity contribution >= 4 is 43.6 Å². The minimum atomic E-state index is -3.71. The fraction of sp³-hybridized carbons (Fsp3) is 0.156. The first kappa shape index (κ1) is 28.0. The van der Waals surface area contributed by atoms with Gasteiger partial charge in [0.2, 0.25) is 15.9 Å². The summed E-state index contributed by atoms with van der Waals surface area (Å²) in [7, 11) is 0.765. The largest absolute Gasteiger partial charge is 0.479 e. The Bertz CT molecular complexity index is 2100. The number of anilines is 1. The van der Waals surface area contributed by atoms with Crippen molar-refractivity contribution in [1.29, 1.82) is 0 Å². The Hall–Kier alpha value is -5.16. The number of nitrogens with one attached hydrogen (secondary N) is 1. The summed E-state index contributed by atoms with van der Waals surface area (Å²) < 4.78 is 44.6. The van der Waals surface area contributed by atoms with E-state index >= 15 is 0 Å². The van der Waals surface area contributed by atoms with Crippen LogP contribution in [0.1, 0.15) is 15.9 Å². The van der Waals surface area contributed by atoms with Crippen molar-refractivity contribution < 1.29 is 26.8 Å². The van der Waals surface area contributed by atoms with Crippen molar-refractivity contribution in [3.8, 4) is 39.8 Å². The zero-order valence-corrected chi connectivity index (χ0v) is 24.9. The fourth-order valence-corrected chi connectivity index (χ4v) is 5.50. The van der Waals surface area contributed by atoms with Crippen LogP contribution in [0.5, 0.6) is 5.88 Å². The standard InChI is InChI=1S/C32H28N4O6S/c1-18-10-12-19(13-11-18)30-29(31(37)33-2)22-15-21(25(17-28(22)42-30)36(3)43(5,38)39)24-16-23(32(40-4)35-34-24)27-14-20-8-6-7-9-26(20)41-27/h6-17H,1-5H3,(H,33,37). The molecule has 6 aromatic rings. The second kappa shape index (κ2) is 10.6. The maximum Gasteiger partial charge on any atom is 0.255 e. The van der Waals surface area contributed by atoms with Crippen LogP contribution in [-0.2, 0) is 10.0 Å². The molecule has 0 bridgehead atoms. The van der Waals surface area contributed by atoms with Gasteiger partial charge in [-0.2, -0.15) is 0 Å². The van der Waals surface area contributed by atoms with Crippen molar-refractivity contribution in [3.63, 3.8) is 0 Å². The minimum absolute atomic E-state index is 0.234. The van der Waals surface area contributed by atoms with Crippen molar-refractivity contribution in [3.05, 3.63) is 83.9 Å². The highest BCUT2D eigenvalue weighted by molar-refractivity contribution is 7.92. The van der Waals surface area contributed by atoms with E-state index in [0.29, 0.717) is 56.0 Å². The van der Waals surface area contributed by atoms with Gasteiger partial charge in [0.25, 0.3) is 5.91 Å². The molecule has 0 aliphatic carbocycles. The molecule has 0 atom stereocenters. The number of carbonyl (C=O) groups is 1. The Morgan fingerprint density at radius 3 is 2.35 bits per heavy atom. The summed E-state index contributed by atoms with van der Waals surface area (Å²) in [6.07, 6.45) is 1.11. The van der Waals surface area contributed by atoms with E-state index in [0.717, 1.165) is 21.5 Å². The number of hydrogen-bond acceptors (Lipinski definition) is 8. The van der Waals surface area contributed by atoms with Gasteiger partial charge in [-0.05, 0) is 31.2 Å². The number of aryl methyl sites for hydroxylation is 1. The number of nitrogens with zero attached hydrogens (tertiary/aromatic N) is 3. The van der Waals surface area contributed by atoms with Gasteiger partial charge in [0, 0.05) is 42.1 Å². The van der Waals surface area contributed by atoms with Crippen LogP contribution in [0, 0.1) is 6.92 Å². The Kier molecular flexibility index (Phi) is 6.89. The molecule has 0 radical (unpaired) electrons. The van der Waals surface area contributed by atoms with Crippen LogP contribution < -0.4 is 14.4 Å². The smallest absolute Gasteiger partial charge is 0.255 e. The van der Waals surface area contributed by atoms with E-state index in [9.17, 15) is 13.2 Å². The first-order valence-electron chi connectivity index (χ1n) is 13.3. The maximum absolute atomic E-state index is 13.2. The molecule has 0 saturated carbocycles. The highest BCUT2D eigenvalue weighted by Crippen LogP contribution is 2.42. The van der Waals surface area contributed by atoms with Crippen LogP contribution in [0.4, 0.5) is 5.69 Å². The molecule has 3 aromatic heterocycles. The lowest BCUT2D eigenvalue weighted by atomic mass is 10.00. The number of benzene rings is 3. The zero-order chi connectivity index (χ0) is 30.5. The summed E-state index contributed by atoms with van der Waals surface area (Å²) in [5, 5.41) is 12.8. The maximum atomic E-state index is 13.2.